The number of H-pyrrole nitrogens is 1. The first-order valence-corrected chi connectivity index (χ1v) is 6.29. The van der Waals surface area contributed by atoms with E-state index in [1.807, 2.05) is 0 Å². The number of fused-ring (bicyclic) bond motifs is 1. The summed E-state index contributed by atoms with van der Waals surface area (Å²) in [5, 5.41) is 0. The molecule has 2 heteroatoms. The van der Waals surface area contributed by atoms with Gasteiger partial charge in [-0.25, -0.2) is 4.98 Å². The number of aromatic nitrogens is 2. The Bertz CT molecular complexity index is 483. The quantitative estimate of drug-likeness (QED) is 0.830. The largest absolute Gasteiger partial charge is 0.342 e. The van der Waals surface area contributed by atoms with Crippen LogP contribution in [0.4, 0.5) is 0 Å². The third-order valence-corrected chi connectivity index (χ3v) is 3.13. The molecule has 0 saturated heterocycles. The van der Waals surface area contributed by atoms with Crippen molar-refractivity contribution in [2.24, 2.45) is 0 Å². The van der Waals surface area contributed by atoms with Gasteiger partial charge in [-0.05, 0) is 36.5 Å². The van der Waals surface area contributed by atoms with Gasteiger partial charge in [0, 0.05) is 6.42 Å². The van der Waals surface area contributed by atoms with Gasteiger partial charge in [-0.1, -0.05) is 26.8 Å². The number of rotatable bonds is 4. The van der Waals surface area contributed by atoms with E-state index in [0.717, 1.165) is 31.5 Å². The normalized spacial score (nSPS) is 11.2. The Kier molecular flexibility index (Phi) is 3.28. The van der Waals surface area contributed by atoms with Crippen LogP contribution in [0, 0.1) is 0 Å². The zero-order valence-electron chi connectivity index (χ0n) is 10.4. The summed E-state index contributed by atoms with van der Waals surface area (Å²) in [4.78, 5) is 8.14. The number of benzene rings is 1. The van der Waals surface area contributed by atoms with Crippen molar-refractivity contribution >= 4 is 11.0 Å². The van der Waals surface area contributed by atoms with Crippen molar-refractivity contribution in [1.29, 1.82) is 0 Å². The van der Waals surface area contributed by atoms with Crippen molar-refractivity contribution in [3.63, 3.8) is 0 Å². The first-order chi connectivity index (χ1) is 7.80. The average molecular weight is 216 g/mol. The summed E-state index contributed by atoms with van der Waals surface area (Å²) in [6.07, 6.45) is 4.34. The van der Waals surface area contributed by atoms with Crippen LogP contribution in [-0.4, -0.2) is 9.97 Å². The van der Waals surface area contributed by atoms with E-state index < -0.39 is 0 Å². The fourth-order valence-corrected chi connectivity index (χ4v) is 2.31. The third-order valence-electron chi connectivity index (χ3n) is 3.13. The summed E-state index contributed by atoms with van der Waals surface area (Å²) in [7, 11) is 0. The lowest BCUT2D eigenvalue weighted by atomic mass is 10.0. The molecule has 0 bridgehead atoms. The van der Waals surface area contributed by atoms with Gasteiger partial charge >= 0.3 is 0 Å². The van der Waals surface area contributed by atoms with Gasteiger partial charge in [0.15, 0.2) is 0 Å². The average Bonchev–Trinajstić information content (AvgIpc) is 2.70. The molecule has 0 aliphatic heterocycles. The number of hydrogen-bond donors (Lipinski definition) is 1. The van der Waals surface area contributed by atoms with E-state index in [-0.39, 0.29) is 0 Å². The fraction of sp³-hybridized carbons (Fsp3) is 0.500. The van der Waals surface area contributed by atoms with Gasteiger partial charge in [0.25, 0.3) is 0 Å². The molecule has 0 atom stereocenters. The van der Waals surface area contributed by atoms with Crippen LogP contribution in [0.5, 0.6) is 0 Å². The Morgan fingerprint density at radius 1 is 1.12 bits per heavy atom. The molecular formula is C14H20N2. The summed E-state index contributed by atoms with van der Waals surface area (Å²) in [5.74, 6) is 1.13. The lowest BCUT2D eigenvalue weighted by Crippen LogP contribution is -1.92. The van der Waals surface area contributed by atoms with Gasteiger partial charge in [0.2, 0.25) is 0 Å². The molecule has 0 fully saturated rings. The number of imidazole rings is 1. The maximum atomic E-state index is 4.73. The molecule has 0 aliphatic carbocycles. The van der Waals surface area contributed by atoms with Gasteiger partial charge < -0.3 is 4.98 Å². The number of nitrogens with zero attached hydrogens (tertiary/aromatic N) is 1. The van der Waals surface area contributed by atoms with Crippen LogP contribution >= 0.6 is 0 Å². The molecule has 2 nitrogen and oxygen atoms in total. The zero-order valence-corrected chi connectivity index (χ0v) is 10.4. The predicted octanol–water partition coefficient (Wildman–Crippen LogP) is 3.64. The van der Waals surface area contributed by atoms with Gasteiger partial charge in [-0.3, -0.25) is 0 Å². The molecular weight excluding hydrogens is 196 g/mol. The minimum atomic E-state index is 1.04. The highest BCUT2D eigenvalue weighted by Gasteiger charge is 2.09. The van der Waals surface area contributed by atoms with Crippen molar-refractivity contribution in [3.8, 4) is 0 Å². The van der Waals surface area contributed by atoms with Crippen LogP contribution in [-0.2, 0) is 19.3 Å². The molecule has 1 aromatic heterocycles. The van der Waals surface area contributed by atoms with Crippen LogP contribution in [0.15, 0.2) is 12.1 Å². The van der Waals surface area contributed by atoms with E-state index in [2.05, 4.69) is 37.9 Å². The minimum absolute atomic E-state index is 1.04. The van der Waals surface area contributed by atoms with Crippen molar-refractivity contribution in [1.82, 2.24) is 9.97 Å². The summed E-state index contributed by atoms with van der Waals surface area (Å²) in [5.41, 5.74) is 5.23. The summed E-state index contributed by atoms with van der Waals surface area (Å²) in [6, 6.07) is 4.40. The number of hydrogen-bond acceptors (Lipinski definition) is 1. The van der Waals surface area contributed by atoms with Gasteiger partial charge in [-0.15, -0.1) is 0 Å². The standard InChI is InChI=1S/C14H20N2/c1-4-7-13-15-12-9-8-10(5-2)11(6-3)14(12)16-13/h8-9H,4-7H2,1-3H3,(H,15,16). The first kappa shape index (κ1) is 11.2. The minimum Gasteiger partial charge on any atom is -0.342 e. The SMILES string of the molecule is CCCc1nc2c(CC)c(CC)ccc2[nH]1. The van der Waals surface area contributed by atoms with Gasteiger partial charge in [0.1, 0.15) is 5.82 Å². The maximum absolute atomic E-state index is 4.73. The smallest absolute Gasteiger partial charge is 0.107 e. The topological polar surface area (TPSA) is 28.7 Å². The van der Waals surface area contributed by atoms with Gasteiger partial charge in [-0.2, -0.15) is 0 Å². The number of aryl methyl sites for hydroxylation is 3. The highest BCUT2D eigenvalue weighted by molar-refractivity contribution is 5.80. The summed E-state index contributed by atoms with van der Waals surface area (Å²) >= 11 is 0. The van der Waals surface area contributed by atoms with Crippen LogP contribution in [0.25, 0.3) is 11.0 Å². The first-order valence-electron chi connectivity index (χ1n) is 6.29. The Hall–Kier alpha value is -1.31. The van der Waals surface area contributed by atoms with Gasteiger partial charge in [0.05, 0.1) is 11.0 Å². The lowest BCUT2D eigenvalue weighted by molar-refractivity contribution is 0.861. The Morgan fingerprint density at radius 3 is 2.56 bits per heavy atom. The second-order valence-electron chi connectivity index (χ2n) is 4.24. The van der Waals surface area contributed by atoms with E-state index >= 15 is 0 Å². The molecule has 0 saturated carbocycles. The maximum Gasteiger partial charge on any atom is 0.107 e. The van der Waals surface area contributed by atoms with E-state index in [0.29, 0.717) is 0 Å². The van der Waals surface area contributed by atoms with Crippen LogP contribution in [0.3, 0.4) is 0 Å². The van der Waals surface area contributed by atoms with Crippen LogP contribution in [0.1, 0.15) is 44.1 Å². The fourth-order valence-electron chi connectivity index (χ4n) is 2.31. The van der Waals surface area contributed by atoms with Crippen molar-refractivity contribution in [2.45, 2.75) is 46.5 Å². The molecule has 1 aromatic carbocycles. The predicted molar refractivity (Wildman–Crippen MR) is 68.8 cm³/mol. The lowest BCUT2D eigenvalue weighted by Gasteiger charge is -2.05. The summed E-state index contributed by atoms with van der Waals surface area (Å²) in [6.45, 7) is 6.60. The highest BCUT2D eigenvalue weighted by Crippen LogP contribution is 2.22. The number of nitrogens with one attached hydrogen (secondary N) is 1. The second kappa shape index (κ2) is 4.69. The highest BCUT2D eigenvalue weighted by atomic mass is 14.9. The summed E-state index contributed by atoms with van der Waals surface area (Å²) < 4.78 is 0. The zero-order chi connectivity index (χ0) is 11.5. The molecule has 16 heavy (non-hydrogen) atoms. The van der Waals surface area contributed by atoms with Crippen LogP contribution < -0.4 is 0 Å². The molecule has 86 valence electrons. The Morgan fingerprint density at radius 2 is 1.94 bits per heavy atom. The molecule has 0 spiro atoms. The van der Waals surface area contributed by atoms with E-state index in [1.165, 1.54) is 22.2 Å². The van der Waals surface area contributed by atoms with E-state index in [9.17, 15) is 0 Å². The monoisotopic (exact) mass is 216 g/mol. The molecule has 0 aliphatic rings. The van der Waals surface area contributed by atoms with Crippen molar-refractivity contribution < 1.29 is 0 Å². The van der Waals surface area contributed by atoms with E-state index in [4.69, 9.17) is 4.98 Å². The number of aromatic amines is 1. The second-order valence-corrected chi connectivity index (χ2v) is 4.24. The molecule has 0 radical (unpaired) electrons. The van der Waals surface area contributed by atoms with Crippen molar-refractivity contribution in [2.75, 3.05) is 0 Å². The van der Waals surface area contributed by atoms with E-state index in [1.54, 1.807) is 0 Å². The molecule has 2 aromatic rings. The molecule has 1 N–H and O–H groups in total. The Labute approximate surface area is 97.1 Å². The van der Waals surface area contributed by atoms with Crippen molar-refractivity contribution in [3.05, 3.63) is 29.1 Å². The van der Waals surface area contributed by atoms with Crippen LogP contribution in [0.2, 0.25) is 0 Å². The molecule has 0 unspecified atom stereocenters. The third kappa shape index (κ3) is 1.84. The molecule has 0 amide bonds. The molecule has 1 heterocycles. The molecule has 2 rings (SSSR count). The Balaban J connectivity index is 2.57.